The summed E-state index contributed by atoms with van der Waals surface area (Å²) < 4.78 is 0. The Morgan fingerprint density at radius 2 is 1.72 bits per heavy atom. The first kappa shape index (κ1) is 27.4. The van der Waals surface area contributed by atoms with E-state index in [1.807, 2.05) is 60.0 Å². The first-order valence-electron chi connectivity index (χ1n) is 14.5. The van der Waals surface area contributed by atoms with Crippen LogP contribution >= 0.6 is 0 Å². The van der Waals surface area contributed by atoms with Gasteiger partial charge in [0.1, 0.15) is 6.04 Å². The van der Waals surface area contributed by atoms with Crippen LogP contribution in [0.25, 0.3) is 0 Å². The summed E-state index contributed by atoms with van der Waals surface area (Å²) in [5.74, 6) is 0.147. The minimum absolute atomic E-state index is 0.0254. The van der Waals surface area contributed by atoms with Crippen molar-refractivity contribution in [2.45, 2.75) is 69.9 Å². The van der Waals surface area contributed by atoms with Crippen molar-refractivity contribution in [3.05, 3.63) is 65.7 Å². The number of aryl methyl sites for hydroxylation is 1. The highest BCUT2D eigenvalue weighted by Gasteiger charge is 2.47. The topological polar surface area (TPSA) is 73.0 Å². The van der Waals surface area contributed by atoms with E-state index in [-0.39, 0.29) is 29.7 Å². The molecule has 0 saturated carbocycles. The van der Waals surface area contributed by atoms with Gasteiger partial charge in [0, 0.05) is 38.4 Å². The number of likely N-dealkylation sites (N-methyl/N-ethyl adjacent to an activating group) is 1. The Bertz CT molecular complexity index is 1180. The van der Waals surface area contributed by atoms with Gasteiger partial charge in [-0.05, 0) is 76.1 Å². The van der Waals surface area contributed by atoms with Gasteiger partial charge in [0.05, 0.1) is 11.3 Å². The molecule has 0 bridgehead atoms. The molecule has 2 fully saturated rings. The number of fused-ring (bicyclic) bond motifs is 1. The van der Waals surface area contributed by atoms with E-state index >= 15 is 0 Å². The van der Waals surface area contributed by atoms with E-state index in [4.69, 9.17) is 0 Å². The minimum Gasteiger partial charge on any atom is -0.341 e. The summed E-state index contributed by atoms with van der Waals surface area (Å²) in [5.41, 5.74) is 2.71. The number of carbonyl (C=O) groups excluding carboxylic acids is 3. The van der Waals surface area contributed by atoms with Crippen LogP contribution in [-0.4, -0.2) is 72.8 Å². The number of nitrogens with one attached hydrogen (secondary N) is 1. The normalized spacial score (nSPS) is 21.9. The van der Waals surface area contributed by atoms with Gasteiger partial charge in [-0.2, -0.15) is 0 Å². The second-order valence-electron chi connectivity index (χ2n) is 11.9. The molecule has 2 atom stereocenters. The molecule has 0 aliphatic carbocycles. The molecule has 3 heterocycles. The van der Waals surface area contributed by atoms with Crippen LogP contribution in [0.15, 0.2) is 54.6 Å². The summed E-state index contributed by atoms with van der Waals surface area (Å²) in [7, 11) is 1.80. The van der Waals surface area contributed by atoms with Gasteiger partial charge in [0.2, 0.25) is 17.7 Å². The van der Waals surface area contributed by atoms with Crippen LogP contribution in [0.3, 0.4) is 0 Å². The van der Waals surface area contributed by atoms with Crippen LogP contribution < -0.4 is 10.2 Å². The Labute approximate surface area is 232 Å². The number of hydrogen-bond acceptors (Lipinski definition) is 4. The molecule has 7 heteroatoms. The smallest absolute Gasteiger partial charge is 0.245 e. The number of piperidine rings is 2. The van der Waals surface area contributed by atoms with Gasteiger partial charge < -0.3 is 20.0 Å². The van der Waals surface area contributed by atoms with Crippen LogP contribution in [0, 0.1) is 5.92 Å². The van der Waals surface area contributed by atoms with Crippen LogP contribution in [0.4, 0.5) is 5.69 Å². The van der Waals surface area contributed by atoms with Gasteiger partial charge in [-0.1, -0.05) is 48.5 Å². The Hall–Kier alpha value is -3.19. The zero-order valence-electron chi connectivity index (χ0n) is 23.6. The average Bonchev–Trinajstić information content (AvgIpc) is 3.18. The monoisotopic (exact) mass is 530 g/mol. The third kappa shape index (κ3) is 5.46. The molecule has 2 saturated heterocycles. The lowest BCUT2D eigenvalue weighted by Crippen LogP contribution is -2.55. The molecule has 39 heavy (non-hydrogen) atoms. The third-order valence-corrected chi connectivity index (χ3v) is 9.03. The third-order valence-electron chi connectivity index (χ3n) is 9.03. The number of rotatable bonds is 7. The fraction of sp³-hybridized carbons (Fsp3) is 0.531. The lowest BCUT2D eigenvalue weighted by atomic mass is 9.86. The van der Waals surface area contributed by atoms with Crippen molar-refractivity contribution >= 4 is 23.4 Å². The predicted molar refractivity (Wildman–Crippen MR) is 153 cm³/mol. The molecule has 2 aromatic rings. The maximum atomic E-state index is 14.0. The molecule has 0 aromatic heterocycles. The Balaban J connectivity index is 1.28. The van der Waals surface area contributed by atoms with E-state index in [0.717, 1.165) is 49.9 Å². The average molecular weight is 531 g/mol. The molecular formula is C32H42N4O3. The maximum absolute atomic E-state index is 14.0. The lowest BCUT2D eigenvalue weighted by molar-refractivity contribution is -0.148. The molecule has 5 rings (SSSR count). The number of likely N-dealkylation sites (tertiary alicyclic amines) is 1. The van der Waals surface area contributed by atoms with Crippen LogP contribution in [0.1, 0.15) is 57.1 Å². The molecule has 208 valence electrons. The number of carbonyl (C=O) groups is 3. The van der Waals surface area contributed by atoms with E-state index in [1.54, 1.807) is 11.9 Å². The highest BCUT2D eigenvalue weighted by atomic mass is 16.2. The predicted octanol–water partition coefficient (Wildman–Crippen LogP) is 3.76. The largest absolute Gasteiger partial charge is 0.341 e. The molecule has 3 amide bonds. The highest BCUT2D eigenvalue weighted by Crippen LogP contribution is 2.43. The quantitative estimate of drug-likeness (QED) is 0.592. The molecule has 7 nitrogen and oxygen atoms in total. The number of para-hydroxylation sites is 1. The van der Waals surface area contributed by atoms with Crippen molar-refractivity contribution in [1.29, 1.82) is 0 Å². The number of benzene rings is 2. The van der Waals surface area contributed by atoms with E-state index in [0.29, 0.717) is 26.1 Å². The Morgan fingerprint density at radius 1 is 1.03 bits per heavy atom. The summed E-state index contributed by atoms with van der Waals surface area (Å²) in [6.45, 7) is 6.79. The van der Waals surface area contributed by atoms with Crippen LogP contribution in [-0.2, 0) is 26.2 Å². The SMILES string of the molecule is CN(C(=O)[C@H]1CCCNC1)[C@H](CCc1ccccc1)C(=O)N1CCC(N2C(=O)C(C)(C)c3ccccc32)CC1. The molecule has 0 unspecified atom stereocenters. The van der Waals surface area contributed by atoms with Gasteiger partial charge in [0.25, 0.3) is 0 Å². The van der Waals surface area contributed by atoms with Gasteiger partial charge in [-0.3, -0.25) is 14.4 Å². The molecule has 1 N–H and O–H groups in total. The van der Waals surface area contributed by atoms with Crippen molar-refractivity contribution < 1.29 is 14.4 Å². The number of amides is 3. The van der Waals surface area contributed by atoms with Gasteiger partial charge in [-0.15, -0.1) is 0 Å². The number of nitrogens with zero attached hydrogens (tertiary/aromatic N) is 3. The van der Waals surface area contributed by atoms with Crippen LogP contribution in [0.2, 0.25) is 0 Å². The fourth-order valence-corrected chi connectivity index (χ4v) is 6.59. The lowest BCUT2D eigenvalue weighted by Gasteiger charge is -2.40. The van der Waals surface area contributed by atoms with E-state index in [2.05, 4.69) is 23.5 Å². The van der Waals surface area contributed by atoms with Crippen molar-refractivity contribution in [3.63, 3.8) is 0 Å². The molecule has 3 aliphatic rings. The molecule has 2 aromatic carbocycles. The maximum Gasteiger partial charge on any atom is 0.245 e. The second kappa shape index (κ2) is 11.5. The minimum atomic E-state index is -0.539. The number of hydrogen-bond donors (Lipinski definition) is 1. The van der Waals surface area contributed by atoms with Crippen LogP contribution in [0.5, 0.6) is 0 Å². The van der Waals surface area contributed by atoms with Crippen molar-refractivity contribution in [3.8, 4) is 0 Å². The second-order valence-corrected chi connectivity index (χ2v) is 11.9. The van der Waals surface area contributed by atoms with Crippen molar-refractivity contribution in [1.82, 2.24) is 15.1 Å². The molecule has 0 spiro atoms. The van der Waals surface area contributed by atoms with E-state index in [1.165, 1.54) is 5.56 Å². The van der Waals surface area contributed by atoms with Gasteiger partial charge >= 0.3 is 0 Å². The summed E-state index contributed by atoms with van der Waals surface area (Å²) in [5, 5.41) is 3.33. The Kier molecular flexibility index (Phi) is 8.08. The zero-order chi connectivity index (χ0) is 27.6. The summed E-state index contributed by atoms with van der Waals surface area (Å²) >= 11 is 0. The summed E-state index contributed by atoms with van der Waals surface area (Å²) in [4.78, 5) is 46.5. The summed E-state index contributed by atoms with van der Waals surface area (Å²) in [6.07, 6.45) is 4.65. The standard InChI is InChI=1S/C32H42N4O3/c1-32(2)26-13-7-8-14-27(26)36(31(32)39)25-17-20-35(21-18-25)30(38)28(16-15-23-10-5-4-6-11-23)34(3)29(37)24-12-9-19-33-22-24/h4-8,10-11,13-14,24-25,28,33H,9,12,15-22H2,1-3H3/t24-,28+/m0/s1. The Morgan fingerprint density at radius 3 is 2.41 bits per heavy atom. The van der Waals surface area contributed by atoms with E-state index < -0.39 is 11.5 Å². The van der Waals surface area contributed by atoms with Crippen molar-refractivity contribution in [2.75, 3.05) is 38.1 Å². The molecule has 3 aliphatic heterocycles. The molecular weight excluding hydrogens is 488 g/mol. The highest BCUT2D eigenvalue weighted by molar-refractivity contribution is 6.08. The zero-order valence-corrected chi connectivity index (χ0v) is 23.6. The number of anilines is 1. The van der Waals surface area contributed by atoms with Gasteiger partial charge in [-0.25, -0.2) is 0 Å². The van der Waals surface area contributed by atoms with E-state index in [9.17, 15) is 14.4 Å². The first-order chi connectivity index (χ1) is 18.8. The summed E-state index contributed by atoms with van der Waals surface area (Å²) in [6, 6.07) is 17.8. The van der Waals surface area contributed by atoms with Gasteiger partial charge in [0.15, 0.2) is 0 Å². The first-order valence-corrected chi connectivity index (χ1v) is 14.5. The fourth-order valence-electron chi connectivity index (χ4n) is 6.59. The molecule has 0 radical (unpaired) electrons. The van der Waals surface area contributed by atoms with Crippen molar-refractivity contribution in [2.24, 2.45) is 5.92 Å².